The van der Waals surface area contributed by atoms with Crippen LogP contribution in [-0.4, -0.2) is 9.13 Å². The molecule has 1 unspecified atom stereocenters. The summed E-state index contributed by atoms with van der Waals surface area (Å²) in [4.78, 5) is 0. The van der Waals surface area contributed by atoms with Gasteiger partial charge in [-0.25, -0.2) is 0 Å². The number of nitrogens with zero attached hydrogens (tertiary/aromatic N) is 2. The fourth-order valence-electron chi connectivity index (χ4n) is 9.27. The van der Waals surface area contributed by atoms with E-state index in [4.69, 9.17) is 0 Å². The predicted octanol–water partition coefficient (Wildman–Crippen LogP) is 14.1. The zero-order valence-corrected chi connectivity index (χ0v) is 31.1. The number of rotatable bonds is 6. The van der Waals surface area contributed by atoms with Crippen LogP contribution in [0.3, 0.4) is 0 Å². The zero-order chi connectivity index (χ0) is 37.0. The van der Waals surface area contributed by atoms with Gasteiger partial charge in [0.25, 0.3) is 0 Å². The first-order chi connectivity index (χ1) is 27.8. The topological polar surface area (TPSA) is 9.86 Å². The standard InChI is InChI=1S/C54H40N2/c1-3-12-37(13-4-1)39-22-24-40(25-23-39)41-26-30-45(31-27-41)55-51-20-9-7-18-47(51)49-35-43(28-32-53(49)55)44-29-33-54-50(36-44)48-19-8-10-21-52(48)56(54)46-17-11-16-42(34-46)38-14-5-2-6-15-38/h1-27,29-30,33-36,45H,28,31-32H2. The maximum atomic E-state index is 2.63. The van der Waals surface area contributed by atoms with Crippen LogP contribution in [-0.2, 0) is 6.42 Å². The van der Waals surface area contributed by atoms with Crippen LogP contribution < -0.4 is 0 Å². The van der Waals surface area contributed by atoms with E-state index in [-0.39, 0.29) is 6.04 Å². The second-order valence-electron chi connectivity index (χ2n) is 15.2. The summed E-state index contributed by atoms with van der Waals surface area (Å²) in [6, 6.07) is 64.5. The molecule has 7 aromatic carbocycles. The van der Waals surface area contributed by atoms with Crippen molar-refractivity contribution in [1.82, 2.24) is 9.13 Å². The van der Waals surface area contributed by atoms with Crippen LogP contribution >= 0.6 is 0 Å². The molecule has 56 heavy (non-hydrogen) atoms. The van der Waals surface area contributed by atoms with Crippen molar-refractivity contribution < 1.29 is 0 Å². The van der Waals surface area contributed by atoms with Crippen molar-refractivity contribution in [2.75, 3.05) is 0 Å². The number of allylic oxidation sites excluding steroid dienone is 5. The lowest BCUT2D eigenvalue weighted by atomic mass is 9.90. The average molecular weight is 717 g/mol. The van der Waals surface area contributed by atoms with Gasteiger partial charge in [0.2, 0.25) is 0 Å². The van der Waals surface area contributed by atoms with Gasteiger partial charge in [-0.2, -0.15) is 0 Å². The van der Waals surface area contributed by atoms with Gasteiger partial charge in [-0.3, -0.25) is 0 Å². The summed E-state index contributed by atoms with van der Waals surface area (Å²) in [6.45, 7) is 0. The number of benzene rings is 7. The zero-order valence-electron chi connectivity index (χ0n) is 31.1. The highest BCUT2D eigenvalue weighted by molar-refractivity contribution is 6.10. The Morgan fingerprint density at radius 3 is 1.84 bits per heavy atom. The van der Waals surface area contributed by atoms with Crippen LogP contribution in [0, 0.1) is 0 Å². The Bertz CT molecular complexity index is 3020. The van der Waals surface area contributed by atoms with E-state index in [1.807, 2.05) is 0 Å². The van der Waals surface area contributed by atoms with Crippen LogP contribution in [0.25, 0.3) is 77.9 Å². The van der Waals surface area contributed by atoms with Crippen LogP contribution in [0.4, 0.5) is 0 Å². The van der Waals surface area contributed by atoms with Crippen molar-refractivity contribution in [3.63, 3.8) is 0 Å². The summed E-state index contributed by atoms with van der Waals surface area (Å²) in [6.07, 6.45) is 12.7. The number of hydrogen-bond donors (Lipinski definition) is 0. The largest absolute Gasteiger partial charge is 0.337 e. The maximum absolute atomic E-state index is 2.63. The molecule has 9 aromatic rings. The molecule has 0 aliphatic heterocycles. The first kappa shape index (κ1) is 32.5. The molecule has 0 saturated carbocycles. The monoisotopic (exact) mass is 716 g/mol. The number of fused-ring (bicyclic) bond motifs is 6. The summed E-state index contributed by atoms with van der Waals surface area (Å²) in [7, 11) is 0. The molecule has 0 radical (unpaired) electrons. The Balaban J connectivity index is 0.935. The Kier molecular flexibility index (Phi) is 7.81. The van der Waals surface area contributed by atoms with Gasteiger partial charge in [0, 0.05) is 38.6 Å². The van der Waals surface area contributed by atoms with Gasteiger partial charge >= 0.3 is 0 Å². The minimum absolute atomic E-state index is 0.286. The molecule has 0 saturated heterocycles. The molecule has 0 fully saturated rings. The van der Waals surface area contributed by atoms with Gasteiger partial charge in [0.05, 0.1) is 17.1 Å². The highest BCUT2D eigenvalue weighted by atomic mass is 15.0. The molecular formula is C54H40N2. The van der Waals surface area contributed by atoms with Crippen LogP contribution in [0.5, 0.6) is 0 Å². The van der Waals surface area contributed by atoms with Crippen molar-refractivity contribution in [1.29, 1.82) is 0 Å². The lowest BCUT2D eigenvalue weighted by molar-refractivity contribution is 0.601. The third-order valence-corrected chi connectivity index (χ3v) is 12.0. The molecule has 2 aromatic heterocycles. The number of hydrogen-bond acceptors (Lipinski definition) is 0. The molecule has 2 aliphatic rings. The van der Waals surface area contributed by atoms with Crippen molar-refractivity contribution >= 4 is 49.9 Å². The third kappa shape index (κ3) is 5.48. The van der Waals surface area contributed by atoms with Gasteiger partial charge in [-0.05, 0) is 106 Å². The number of aromatic nitrogens is 2. The quantitative estimate of drug-likeness (QED) is 0.162. The van der Waals surface area contributed by atoms with E-state index in [0.29, 0.717) is 0 Å². The molecule has 11 rings (SSSR count). The van der Waals surface area contributed by atoms with Crippen LogP contribution in [0.15, 0.2) is 194 Å². The van der Waals surface area contributed by atoms with E-state index in [1.54, 1.807) is 0 Å². The molecule has 0 N–H and O–H groups in total. The molecule has 2 aliphatic carbocycles. The Morgan fingerprint density at radius 1 is 0.446 bits per heavy atom. The van der Waals surface area contributed by atoms with Gasteiger partial charge < -0.3 is 9.13 Å². The lowest BCUT2D eigenvalue weighted by Crippen LogP contribution is -2.13. The molecule has 0 amide bonds. The highest BCUT2D eigenvalue weighted by Crippen LogP contribution is 2.42. The van der Waals surface area contributed by atoms with Gasteiger partial charge in [-0.1, -0.05) is 158 Å². The minimum atomic E-state index is 0.286. The Hall–Kier alpha value is -6.90. The summed E-state index contributed by atoms with van der Waals surface area (Å²) < 4.78 is 5.06. The van der Waals surface area contributed by atoms with Crippen molar-refractivity contribution in [2.24, 2.45) is 0 Å². The third-order valence-electron chi connectivity index (χ3n) is 12.0. The van der Waals surface area contributed by atoms with E-state index in [0.717, 1.165) is 19.3 Å². The van der Waals surface area contributed by atoms with Crippen molar-refractivity contribution in [3.05, 3.63) is 217 Å². The summed E-state index contributed by atoms with van der Waals surface area (Å²) >= 11 is 0. The predicted molar refractivity (Wildman–Crippen MR) is 237 cm³/mol. The smallest absolute Gasteiger partial charge is 0.0557 e. The molecule has 0 spiro atoms. The Labute approximate surface area is 327 Å². The van der Waals surface area contributed by atoms with Crippen molar-refractivity contribution in [2.45, 2.75) is 25.3 Å². The van der Waals surface area contributed by atoms with Crippen LogP contribution in [0.2, 0.25) is 0 Å². The molecule has 0 bridgehead atoms. The van der Waals surface area contributed by atoms with E-state index in [1.165, 1.54) is 94.2 Å². The highest BCUT2D eigenvalue weighted by Gasteiger charge is 2.25. The molecule has 2 heteroatoms. The maximum Gasteiger partial charge on any atom is 0.0557 e. The van der Waals surface area contributed by atoms with Crippen LogP contribution in [0.1, 0.15) is 41.3 Å². The van der Waals surface area contributed by atoms with E-state index >= 15 is 0 Å². The first-order valence-electron chi connectivity index (χ1n) is 19.8. The minimum Gasteiger partial charge on any atom is -0.337 e. The fraction of sp³-hybridized carbons (Fsp3) is 0.0741. The van der Waals surface area contributed by atoms with Gasteiger partial charge in [0.15, 0.2) is 0 Å². The van der Waals surface area contributed by atoms with Gasteiger partial charge in [-0.15, -0.1) is 0 Å². The second-order valence-corrected chi connectivity index (χ2v) is 15.2. The number of para-hydroxylation sites is 2. The van der Waals surface area contributed by atoms with E-state index in [9.17, 15) is 0 Å². The molecule has 2 nitrogen and oxygen atoms in total. The van der Waals surface area contributed by atoms with E-state index in [2.05, 4.69) is 209 Å². The molecular weight excluding hydrogens is 677 g/mol. The SMILES string of the molecule is C1=CC(n2c3c(c4ccccc42)C=C(c2ccc4c(c2)c2ccccc2n4-c2cccc(-c4ccccc4)c2)CC3)CC=C1c1ccc(-c2ccccc2)cc1. The lowest BCUT2D eigenvalue weighted by Gasteiger charge is -2.24. The summed E-state index contributed by atoms with van der Waals surface area (Å²) in [5.41, 5.74) is 18.0. The summed E-state index contributed by atoms with van der Waals surface area (Å²) in [5.74, 6) is 0. The van der Waals surface area contributed by atoms with Crippen molar-refractivity contribution in [3.8, 4) is 27.9 Å². The van der Waals surface area contributed by atoms with Gasteiger partial charge in [0.1, 0.15) is 0 Å². The average Bonchev–Trinajstić information content (AvgIpc) is 3.79. The second kappa shape index (κ2) is 13.4. The fourth-order valence-corrected chi connectivity index (χ4v) is 9.27. The van der Waals surface area contributed by atoms with E-state index < -0.39 is 0 Å². The Morgan fingerprint density at radius 2 is 1.07 bits per heavy atom. The summed E-state index contributed by atoms with van der Waals surface area (Å²) in [5, 5.41) is 3.92. The molecule has 1 atom stereocenters. The molecule has 2 heterocycles. The first-order valence-corrected chi connectivity index (χ1v) is 19.8. The normalized spacial score (nSPS) is 15.2. The molecule has 266 valence electrons.